The number of para-hydroxylation sites is 1. The van der Waals surface area contributed by atoms with E-state index in [1.165, 1.54) is 0 Å². The fraction of sp³-hybridized carbons (Fsp3) is 0.450. The van der Waals surface area contributed by atoms with Gasteiger partial charge < -0.3 is 18.8 Å². The molecule has 0 spiro atoms. The molecule has 5 nitrogen and oxygen atoms in total. The molecule has 1 saturated heterocycles. The van der Waals surface area contributed by atoms with Crippen molar-refractivity contribution in [1.82, 2.24) is 4.90 Å². The number of carbonyl (C=O) groups is 1. The molecular weight excluding hydrogens is 318 g/mol. The highest BCUT2D eigenvalue weighted by molar-refractivity contribution is 5.83. The molecule has 3 atom stereocenters. The van der Waals surface area contributed by atoms with Gasteiger partial charge in [0.1, 0.15) is 19.0 Å². The second-order valence-electron chi connectivity index (χ2n) is 7.03. The number of nitrogens with zero attached hydrogens (tertiary/aromatic N) is 1. The van der Waals surface area contributed by atoms with E-state index >= 15 is 0 Å². The Balaban J connectivity index is 1.39. The van der Waals surface area contributed by atoms with E-state index < -0.39 is 0 Å². The summed E-state index contributed by atoms with van der Waals surface area (Å²) < 4.78 is 17.1. The zero-order chi connectivity index (χ0) is 16.8. The zero-order valence-electron chi connectivity index (χ0n) is 14.0. The zero-order valence-corrected chi connectivity index (χ0v) is 14.0. The number of hydrogen-bond acceptors (Lipinski definition) is 4. The number of likely N-dealkylation sites (tertiary alicyclic amines) is 1. The summed E-state index contributed by atoms with van der Waals surface area (Å²) in [5.41, 5.74) is 1.08. The van der Waals surface area contributed by atoms with E-state index in [9.17, 15) is 4.79 Å². The molecule has 130 valence electrons. The van der Waals surface area contributed by atoms with Crippen LogP contribution in [-0.2, 0) is 4.79 Å². The minimum absolute atomic E-state index is 0.0588. The summed E-state index contributed by atoms with van der Waals surface area (Å²) in [6.07, 6.45) is 4.58. The van der Waals surface area contributed by atoms with Gasteiger partial charge in [0.15, 0.2) is 11.5 Å². The molecule has 0 bridgehead atoms. The minimum atomic E-state index is 0.0588. The van der Waals surface area contributed by atoms with E-state index in [4.69, 9.17) is 13.9 Å². The van der Waals surface area contributed by atoms with Crippen LogP contribution in [0.1, 0.15) is 42.5 Å². The predicted molar refractivity (Wildman–Crippen MR) is 90.7 cm³/mol. The van der Waals surface area contributed by atoms with Gasteiger partial charge in [-0.3, -0.25) is 4.79 Å². The maximum Gasteiger partial charge on any atom is 0.226 e. The first-order chi connectivity index (χ1) is 12.3. The first-order valence-corrected chi connectivity index (χ1v) is 9.05. The Labute approximate surface area is 146 Å². The van der Waals surface area contributed by atoms with Crippen LogP contribution in [-0.4, -0.2) is 30.6 Å². The molecular formula is C20H21NO4. The topological polar surface area (TPSA) is 51.9 Å². The van der Waals surface area contributed by atoms with Crippen molar-refractivity contribution in [1.29, 1.82) is 0 Å². The fourth-order valence-corrected chi connectivity index (χ4v) is 4.21. The number of amides is 1. The molecule has 5 heteroatoms. The molecule has 0 radical (unpaired) electrons. The van der Waals surface area contributed by atoms with Gasteiger partial charge in [-0.25, -0.2) is 0 Å². The van der Waals surface area contributed by atoms with Crippen molar-refractivity contribution < 1.29 is 18.7 Å². The van der Waals surface area contributed by atoms with Crippen molar-refractivity contribution in [3.8, 4) is 11.5 Å². The van der Waals surface area contributed by atoms with Crippen LogP contribution >= 0.6 is 0 Å². The molecule has 0 N–H and O–H groups in total. The highest BCUT2D eigenvalue weighted by atomic mass is 16.6. The third-order valence-corrected chi connectivity index (χ3v) is 5.51. The molecule has 2 aliphatic heterocycles. The van der Waals surface area contributed by atoms with Gasteiger partial charge in [-0.2, -0.15) is 0 Å². The molecule has 3 aliphatic rings. The van der Waals surface area contributed by atoms with Crippen molar-refractivity contribution in [3.05, 3.63) is 47.9 Å². The number of carbonyl (C=O) groups excluding carboxylic acids is 1. The second-order valence-corrected chi connectivity index (χ2v) is 7.03. The van der Waals surface area contributed by atoms with Crippen molar-refractivity contribution in [2.24, 2.45) is 5.92 Å². The van der Waals surface area contributed by atoms with Gasteiger partial charge in [-0.05, 0) is 37.5 Å². The molecule has 1 amide bonds. The highest BCUT2D eigenvalue weighted by Gasteiger charge is 2.49. The van der Waals surface area contributed by atoms with E-state index in [1.807, 2.05) is 29.2 Å². The molecule has 1 aliphatic carbocycles. The Hall–Kier alpha value is -2.43. The van der Waals surface area contributed by atoms with Gasteiger partial charge >= 0.3 is 0 Å². The smallest absolute Gasteiger partial charge is 0.226 e. The number of rotatable bonds is 3. The number of ether oxygens (including phenoxy) is 2. The monoisotopic (exact) mass is 339 g/mol. The number of furan rings is 1. The van der Waals surface area contributed by atoms with Gasteiger partial charge in [0.05, 0.1) is 12.3 Å². The maximum absolute atomic E-state index is 13.1. The summed E-state index contributed by atoms with van der Waals surface area (Å²) in [5.74, 6) is 3.09. The highest BCUT2D eigenvalue weighted by Crippen LogP contribution is 2.51. The normalized spacial score (nSPS) is 27.4. The second kappa shape index (κ2) is 5.83. The molecule has 1 aromatic heterocycles. The van der Waals surface area contributed by atoms with Crippen molar-refractivity contribution in [3.63, 3.8) is 0 Å². The standard InChI is InChI=1S/C20H21NO4/c22-20(15-12-14(15)17-7-3-9-23-17)21-8-2-5-16(21)13-4-1-6-18-19(13)25-11-10-24-18/h1,3-4,6-7,9,14-16H,2,5,8,10-12H2/t14-,15-,16+/m1/s1. The lowest BCUT2D eigenvalue weighted by atomic mass is 10.0. The first-order valence-electron chi connectivity index (χ1n) is 9.05. The molecule has 1 aromatic carbocycles. The summed E-state index contributed by atoms with van der Waals surface area (Å²) in [6.45, 7) is 1.96. The van der Waals surface area contributed by atoms with Crippen molar-refractivity contribution in [2.45, 2.75) is 31.2 Å². The lowest BCUT2D eigenvalue weighted by Gasteiger charge is -2.29. The Kier molecular flexibility index (Phi) is 3.47. The van der Waals surface area contributed by atoms with Crippen LogP contribution in [0.15, 0.2) is 41.0 Å². The van der Waals surface area contributed by atoms with Crippen LogP contribution in [0.5, 0.6) is 11.5 Å². The van der Waals surface area contributed by atoms with Crippen LogP contribution in [0.3, 0.4) is 0 Å². The van der Waals surface area contributed by atoms with Gasteiger partial charge in [-0.15, -0.1) is 0 Å². The van der Waals surface area contributed by atoms with E-state index in [-0.39, 0.29) is 23.8 Å². The van der Waals surface area contributed by atoms with Gasteiger partial charge in [0, 0.05) is 23.9 Å². The van der Waals surface area contributed by atoms with E-state index in [0.717, 1.165) is 48.6 Å². The van der Waals surface area contributed by atoms with Gasteiger partial charge in [0.25, 0.3) is 0 Å². The van der Waals surface area contributed by atoms with E-state index in [1.54, 1.807) is 6.26 Å². The lowest BCUT2D eigenvalue weighted by molar-refractivity contribution is -0.133. The molecule has 3 heterocycles. The summed E-state index contributed by atoms with van der Waals surface area (Å²) in [4.78, 5) is 15.1. The Morgan fingerprint density at radius 1 is 1.12 bits per heavy atom. The van der Waals surface area contributed by atoms with Crippen LogP contribution in [0.2, 0.25) is 0 Å². The minimum Gasteiger partial charge on any atom is -0.486 e. The van der Waals surface area contributed by atoms with E-state index in [2.05, 4.69) is 6.07 Å². The third-order valence-electron chi connectivity index (χ3n) is 5.51. The number of hydrogen-bond donors (Lipinski definition) is 0. The summed E-state index contributed by atoms with van der Waals surface area (Å²) in [6, 6.07) is 9.95. The molecule has 2 aromatic rings. The Morgan fingerprint density at radius 3 is 2.92 bits per heavy atom. The van der Waals surface area contributed by atoms with E-state index in [0.29, 0.717) is 13.2 Å². The molecule has 1 saturated carbocycles. The molecule has 25 heavy (non-hydrogen) atoms. The molecule has 0 unspecified atom stereocenters. The molecule has 5 rings (SSSR count). The Bertz CT molecular complexity index is 785. The summed E-state index contributed by atoms with van der Waals surface area (Å²) in [7, 11) is 0. The average Bonchev–Trinajstić information content (AvgIpc) is 3.07. The SMILES string of the molecule is O=C([C@@H]1C[C@H]1c1ccco1)N1CCC[C@H]1c1cccc2c1OCCO2. The van der Waals surface area contributed by atoms with Crippen LogP contribution < -0.4 is 9.47 Å². The average molecular weight is 339 g/mol. The fourth-order valence-electron chi connectivity index (χ4n) is 4.21. The quantitative estimate of drug-likeness (QED) is 0.858. The molecule has 2 fully saturated rings. The van der Waals surface area contributed by atoms with Crippen LogP contribution in [0.4, 0.5) is 0 Å². The first kappa shape index (κ1) is 14.9. The third kappa shape index (κ3) is 2.49. The Morgan fingerprint density at radius 2 is 2.04 bits per heavy atom. The lowest BCUT2D eigenvalue weighted by Crippen LogP contribution is -2.32. The summed E-state index contributed by atoms with van der Waals surface area (Å²) in [5, 5.41) is 0. The van der Waals surface area contributed by atoms with Crippen LogP contribution in [0, 0.1) is 5.92 Å². The van der Waals surface area contributed by atoms with Gasteiger partial charge in [-0.1, -0.05) is 12.1 Å². The van der Waals surface area contributed by atoms with Crippen LogP contribution in [0.25, 0.3) is 0 Å². The number of fused-ring (bicyclic) bond motifs is 1. The number of benzene rings is 1. The largest absolute Gasteiger partial charge is 0.486 e. The predicted octanol–water partition coefficient (Wildman–Crippen LogP) is 3.52. The van der Waals surface area contributed by atoms with Crippen molar-refractivity contribution in [2.75, 3.05) is 19.8 Å². The summed E-state index contributed by atoms with van der Waals surface area (Å²) >= 11 is 0. The van der Waals surface area contributed by atoms with Gasteiger partial charge in [0.2, 0.25) is 5.91 Å². The maximum atomic E-state index is 13.1. The van der Waals surface area contributed by atoms with Crippen molar-refractivity contribution >= 4 is 5.91 Å².